The Bertz CT molecular complexity index is 140. The Hall–Kier alpha value is -0.280. The molecule has 0 aliphatic carbocycles. The minimum absolute atomic E-state index is 0. The molecule has 1 amide bonds. The largest absolute Gasteiger partial charge is 0.350 e. The zero-order valence-corrected chi connectivity index (χ0v) is 6.83. The SMILES string of the molecule is C[C@@]1(CN)CCC(=O)N1.Cl. The summed E-state index contributed by atoms with van der Waals surface area (Å²) in [7, 11) is 0. The first kappa shape index (κ1) is 9.72. The first-order valence-corrected chi connectivity index (χ1v) is 3.17. The van der Waals surface area contributed by atoms with E-state index >= 15 is 0 Å². The number of carbonyl (C=O) groups is 1. The van der Waals surface area contributed by atoms with Crippen LogP contribution in [-0.4, -0.2) is 18.0 Å². The molecule has 1 rings (SSSR count). The van der Waals surface area contributed by atoms with Crippen molar-refractivity contribution in [3.63, 3.8) is 0 Å². The molecule has 0 aromatic rings. The van der Waals surface area contributed by atoms with Gasteiger partial charge in [-0.3, -0.25) is 4.79 Å². The highest BCUT2D eigenvalue weighted by atomic mass is 35.5. The molecular formula is C6H13ClN2O. The Morgan fingerprint density at radius 1 is 1.80 bits per heavy atom. The van der Waals surface area contributed by atoms with Crippen LogP contribution < -0.4 is 11.1 Å². The first-order chi connectivity index (χ1) is 4.16. The third-order valence-corrected chi connectivity index (χ3v) is 1.80. The van der Waals surface area contributed by atoms with Gasteiger partial charge in [0.1, 0.15) is 0 Å². The smallest absolute Gasteiger partial charge is 0.220 e. The van der Waals surface area contributed by atoms with Gasteiger partial charge < -0.3 is 11.1 Å². The van der Waals surface area contributed by atoms with E-state index in [1.165, 1.54) is 0 Å². The molecule has 60 valence electrons. The lowest BCUT2D eigenvalue weighted by Gasteiger charge is -2.20. The van der Waals surface area contributed by atoms with E-state index in [4.69, 9.17) is 5.73 Å². The second-order valence-corrected chi connectivity index (χ2v) is 2.81. The summed E-state index contributed by atoms with van der Waals surface area (Å²) in [6.07, 6.45) is 1.51. The van der Waals surface area contributed by atoms with E-state index in [1.54, 1.807) is 0 Å². The number of halogens is 1. The summed E-state index contributed by atoms with van der Waals surface area (Å²) in [4.78, 5) is 10.7. The summed E-state index contributed by atoms with van der Waals surface area (Å²) >= 11 is 0. The minimum Gasteiger partial charge on any atom is -0.350 e. The number of nitrogens with one attached hydrogen (secondary N) is 1. The van der Waals surface area contributed by atoms with Gasteiger partial charge >= 0.3 is 0 Å². The third-order valence-electron chi connectivity index (χ3n) is 1.80. The topological polar surface area (TPSA) is 55.1 Å². The van der Waals surface area contributed by atoms with E-state index in [-0.39, 0.29) is 23.9 Å². The van der Waals surface area contributed by atoms with Crippen molar-refractivity contribution < 1.29 is 4.79 Å². The van der Waals surface area contributed by atoms with Gasteiger partial charge in [-0.1, -0.05) is 0 Å². The Balaban J connectivity index is 0.000000810. The lowest BCUT2D eigenvalue weighted by atomic mass is 10.0. The molecule has 0 radical (unpaired) electrons. The molecule has 1 saturated heterocycles. The molecule has 10 heavy (non-hydrogen) atoms. The first-order valence-electron chi connectivity index (χ1n) is 3.17. The fraction of sp³-hybridized carbons (Fsp3) is 0.833. The second-order valence-electron chi connectivity index (χ2n) is 2.81. The Kier molecular flexibility index (Phi) is 3.12. The maximum Gasteiger partial charge on any atom is 0.220 e. The molecule has 0 aromatic heterocycles. The van der Waals surface area contributed by atoms with Crippen molar-refractivity contribution >= 4 is 18.3 Å². The van der Waals surface area contributed by atoms with E-state index in [9.17, 15) is 4.79 Å². The number of amides is 1. The van der Waals surface area contributed by atoms with Gasteiger partial charge in [-0.25, -0.2) is 0 Å². The molecule has 0 aromatic carbocycles. The van der Waals surface area contributed by atoms with Gasteiger partial charge in [-0.2, -0.15) is 0 Å². The number of hydrogen-bond donors (Lipinski definition) is 2. The van der Waals surface area contributed by atoms with Crippen LogP contribution in [-0.2, 0) is 4.79 Å². The fourth-order valence-electron chi connectivity index (χ4n) is 1.00. The maximum absolute atomic E-state index is 10.7. The van der Waals surface area contributed by atoms with Gasteiger partial charge in [-0.05, 0) is 13.3 Å². The molecule has 1 atom stereocenters. The molecule has 1 heterocycles. The molecule has 0 saturated carbocycles. The number of carbonyl (C=O) groups excluding carboxylic acids is 1. The molecular weight excluding hydrogens is 152 g/mol. The maximum atomic E-state index is 10.7. The lowest BCUT2D eigenvalue weighted by molar-refractivity contribution is -0.119. The molecule has 0 spiro atoms. The van der Waals surface area contributed by atoms with Crippen molar-refractivity contribution in [2.45, 2.75) is 25.3 Å². The Morgan fingerprint density at radius 3 is 2.60 bits per heavy atom. The van der Waals surface area contributed by atoms with Crippen LogP contribution in [0.25, 0.3) is 0 Å². The monoisotopic (exact) mass is 164 g/mol. The van der Waals surface area contributed by atoms with Crippen LogP contribution in [0.4, 0.5) is 0 Å². The fourth-order valence-corrected chi connectivity index (χ4v) is 1.00. The van der Waals surface area contributed by atoms with E-state index in [0.717, 1.165) is 6.42 Å². The zero-order valence-electron chi connectivity index (χ0n) is 6.02. The summed E-state index contributed by atoms with van der Waals surface area (Å²) in [6, 6.07) is 0. The summed E-state index contributed by atoms with van der Waals surface area (Å²) < 4.78 is 0. The van der Waals surface area contributed by atoms with Crippen molar-refractivity contribution in [3.05, 3.63) is 0 Å². The van der Waals surface area contributed by atoms with Crippen LogP contribution in [0.5, 0.6) is 0 Å². The highest BCUT2D eigenvalue weighted by Crippen LogP contribution is 2.16. The van der Waals surface area contributed by atoms with E-state index in [1.807, 2.05) is 6.92 Å². The van der Waals surface area contributed by atoms with Gasteiger partial charge in [-0.15, -0.1) is 12.4 Å². The van der Waals surface area contributed by atoms with Crippen LogP contribution in [0, 0.1) is 0 Å². The predicted octanol–water partition coefficient (Wildman–Crippen LogP) is 0.0356. The predicted molar refractivity (Wildman–Crippen MR) is 42.1 cm³/mol. The molecule has 1 fully saturated rings. The van der Waals surface area contributed by atoms with E-state index in [0.29, 0.717) is 13.0 Å². The summed E-state index contributed by atoms with van der Waals surface area (Å²) in [6.45, 7) is 2.51. The number of rotatable bonds is 1. The molecule has 1 aliphatic rings. The minimum atomic E-state index is -0.114. The van der Waals surface area contributed by atoms with Gasteiger partial charge in [0.05, 0.1) is 0 Å². The molecule has 0 bridgehead atoms. The summed E-state index contributed by atoms with van der Waals surface area (Å²) in [5.74, 6) is 0.128. The average molecular weight is 165 g/mol. The Morgan fingerprint density at radius 2 is 2.40 bits per heavy atom. The highest BCUT2D eigenvalue weighted by molar-refractivity contribution is 5.85. The van der Waals surface area contributed by atoms with Gasteiger partial charge in [0.15, 0.2) is 0 Å². The second kappa shape index (κ2) is 3.21. The van der Waals surface area contributed by atoms with Crippen molar-refractivity contribution in [1.29, 1.82) is 0 Å². The van der Waals surface area contributed by atoms with Crippen molar-refractivity contribution in [2.75, 3.05) is 6.54 Å². The number of hydrogen-bond acceptors (Lipinski definition) is 2. The van der Waals surface area contributed by atoms with Crippen LogP contribution in [0.3, 0.4) is 0 Å². The van der Waals surface area contributed by atoms with Gasteiger partial charge in [0, 0.05) is 18.5 Å². The van der Waals surface area contributed by atoms with Crippen LogP contribution >= 0.6 is 12.4 Å². The normalized spacial score (nSPS) is 31.2. The molecule has 4 heteroatoms. The third kappa shape index (κ3) is 1.85. The zero-order chi connectivity index (χ0) is 6.91. The van der Waals surface area contributed by atoms with Crippen LogP contribution in [0.2, 0.25) is 0 Å². The van der Waals surface area contributed by atoms with Crippen LogP contribution in [0.15, 0.2) is 0 Å². The van der Waals surface area contributed by atoms with Crippen LogP contribution in [0.1, 0.15) is 19.8 Å². The molecule has 0 unspecified atom stereocenters. The lowest BCUT2D eigenvalue weighted by Crippen LogP contribution is -2.44. The van der Waals surface area contributed by atoms with E-state index < -0.39 is 0 Å². The molecule has 1 aliphatic heterocycles. The number of nitrogens with two attached hydrogens (primary N) is 1. The summed E-state index contributed by atoms with van der Waals surface area (Å²) in [5, 5.41) is 2.82. The van der Waals surface area contributed by atoms with Crippen molar-refractivity contribution in [1.82, 2.24) is 5.32 Å². The van der Waals surface area contributed by atoms with E-state index in [2.05, 4.69) is 5.32 Å². The molecule has 3 nitrogen and oxygen atoms in total. The molecule has 3 N–H and O–H groups in total. The average Bonchev–Trinajstić information content (AvgIpc) is 2.13. The summed E-state index contributed by atoms with van der Waals surface area (Å²) in [5.41, 5.74) is 5.30. The standard InChI is InChI=1S/C6H12N2O.ClH/c1-6(4-7)3-2-5(9)8-6;/h2-4,7H2,1H3,(H,8,9);1H/t6-;/m0./s1. The highest BCUT2D eigenvalue weighted by Gasteiger charge is 2.30. The van der Waals surface area contributed by atoms with Gasteiger partial charge in [0.25, 0.3) is 0 Å². The van der Waals surface area contributed by atoms with Crippen molar-refractivity contribution in [2.24, 2.45) is 5.73 Å². The van der Waals surface area contributed by atoms with Gasteiger partial charge in [0.2, 0.25) is 5.91 Å². The quantitative estimate of drug-likeness (QED) is 0.575. The Labute approximate surface area is 66.8 Å². The van der Waals surface area contributed by atoms with Crippen molar-refractivity contribution in [3.8, 4) is 0 Å².